The van der Waals surface area contributed by atoms with Gasteiger partial charge in [-0.1, -0.05) is 0 Å². The van der Waals surface area contributed by atoms with Crippen LogP contribution in [0.25, 0.3) is 0 Å². The third kappa shape index (κ3) is 2.26. The molecule has 2 unspecified atom stereocenters. The van der Waals surface area contributed by atoms with Crippen LogP contribution in [-0.2, 0) is 4.74 Å². The van der Waals surface area contributed by atoms with Gasteiger partial charge in [0.2, 0.25) is 0 Å². The molecule has 17 heavy (non-hydrogen) atoms. The lowest BCUT2D eigenvalue weighted by molar-refractivity contribution is -0.0143. The van der Waals surface area contributed by atoms with Crippen molar-refractivity contribution >= 4 is 0 Å². The predicted octanol–water partition coefficient (Wildman–Crippen LogP) is 1.16. The number of methoxy groups -OCH3 is 1. The minimum atomic E-state index is -0.323. The van der Waals surface area contributed by atoms with Gasteiger partial charge >= 0.3 is 0 Å². The van der Waals surface area contributed by atoms with Crippen LogP contribution in [0.15, 0.2) is 18.3 Å². The highest BCUT2D eigenvalue weighted by Crippen LogP contribution is 2.38. The number of hydrogen-bond donors (Lipinski definition) is 2. The Morgan fingerprint density at radius 1 is 1.65 bits per heavy atom. The minimum Gasteiger partial charge on any atom is -0.495 e. The van der Waals surface area contributed by atoms with Gasteiger partial charge in [0, 0.05) is 12.8 Å². The van der Waals surface area contributed by atoms with E-state index in [1.54, 1.807) is 13.3 Å². The van der Waals surface area contributed by atoms with Gasteiger partial charge in [0.25, 0.3) is 0 Å². The molecule has 0 radical (unpaired) electrons. The standard InChI is InChI=1S/C12H19N3O2/c1-12(6-4-8-17-12)11(15-13)10-9(16-2)5-3-7-14-10/h3,5,7,11,15H,4,6,8,13H2,1-2H3. The van der Waals surface area contributed by atoms with Crippen molar-refractivity contribution in [2.75, 3.05) is 13.7 Å². The number of nitrogens with one attached hydrogen (secondary N) is 1. The van der Waals surface area contributed by atoms with Crippen LogP contribution in [0.2, 0.25) is 0 Å². The number of pyridine rings is 1. The van der Waals surface area contributed by atoms with E-state index in [4.69, 9.17) is 15.3 Å². The molecule has 0 spiro atoms. The average molecular weight is 237 g/mol. The highest BCUT2D eigenvalue weighted by Gasteiger charge is 2.40. The number of nitrogens with two attached hydrogens (primary N) is 1. The summed E-state index contributed by atoms with van der Waals surface area (Å²) < 4.78 is 11.1. The van der Waals surface area contributed by atoms with Gasteiger partial charge in [-0.3, -0.25) is 10.8 Å². The summed E-state index contributed by atoms with van der Waals surface area (Å²) in [6, 6.07) is 3.56. The summed E-state index contributed by atoms with van der Waals surface area (Å²) in [5, 5.41) is 0. The van der Waals surface area contributed by atoms with E-state index in [1.807, 2.05) is 12.1 Å². The molecule has 0 aromatic carbocycles. The fourth-order valence-corrected chi connectivity index (χ4v) is 2.36. The van der Waals surface area contributed by atoms with Crippen LogP contribution < -0.4 is 16.0 Å². The van der Waals surface area contributed by atoms with Crippen molar-refractivity contribution in [3.63, 3.8) is 0 Å². The van der Waals surface area contributed by atoms with Gasteiger partial charge < -0.3 is 9.47 Å². The molecular weight excluding hydrogens is 218 g/mol. The lowest BCUT2D eigenvalue weighted by Crippen LogP contribution is -2.44. The second kappa shape index (κ2) is 5.00. The second-order valence-electron chi connectivity index (χ2n) is 4.46. The van der Waals surface area contributed by atoms with E-state index < -0.39 is 0 Å². The highest BCUT2D eigenvalue weighted by molar-refractivity contribution is 5.31. The van der Waals surface area contributed by atoms with Gasteiger partial charge in [-0.15, -0.1) is 0 Å². The van der Waals surface area contributed by atoms with Gasteiger partial charge in [0.05, 0.1) is 18.8 Å². The van der Waals surface area contributed by atoms with E-state index in [0.717, 1.165) is 30.9 Å². The molecule has 1 fully saturated rings. The quantitative estimate of drug-likeness (QED) is 0.607. The molecule has 0 aliphatic carbocycles. The van der Waals surface area contributed by atoms with Crippen LogP contribution >= 0.6 is 0 Å². The molecule has 94 valence electrons. The van der Waals surface area contributed by atoms with Gasteiger partial charge in [0.1, 0.15) is 11.4 Å². The number of aromatic nitrogens is 1. The summed E-state index contributed by atoms with van der Waals surface area (Å²) in [5.41, 5.74) is 3.28. The third-order valence-corrected chi connectivity index (χ3v) is 3.32. The molecule has 1 aromatic heterocycles. The normalized spacial score (nSPS) is 25.8. The van der Waals surface area contributed by atoms with Crippen molar-refractivity contribution < 1.29 is 9.47 Å². The Morgan fingerprint density at radius 2 is 2.47 bits per heavy atom. The molecule has 2 rings (SSSR count). The van der Waals surface area contributed by atoms with Gasteiger partial charge in [-0.05, 0) is 31.9 Å². The van der Waals surface area contributed by atoms with Crippen molar-refractivity contribution in [2.45, 2.75) is 31.4 Å². The Labute approximate surface area is 101 Å². The summed E-state index contributed by atoms with van der Waals surface area (Å²) in [6.07, 6.45) is 3.74. The molecule has 3 N–H and O–H groups in total. The summed E-state index contributed by atoms with van der Waals surface area (Å²) >= 11 is 0. The summed E-state index contributed by atoms with van der Waals surface area (Å²) in [5.74, 6) is 6.40. The average Bonchev–Trinajstić information content (AvgIpc) is 2.78. The maximum absolute atomic E-state index is 5.81. The zero-order valence-corrected chi connectivity index (χ0v) is 10.3. The molecule has 1 aromatic rings. The lowest BCUT2D eigenvalue weighted by atomic mass is 9.90. The van der Waals surface area contributed by atoms with E-state index >= 15 is 0 Å². The van der Waals surface area contributed by atoms with E-state index in [0.29, 0.717) is 0 Å². The van der Waals surface area contributed by atoms with Crippen LogP contribution in [0.4, 0.5) is 0 Å². The molecule has 1 aliphatic heterocycles. The van der Waals surface area contributed by atoms with Crippen molar-refractivity contribution in [3.05, 3.63) is 24.0 Å². The fourth-order valence-electron chi connectivity index (χ4n) is 2.36. The smallest absolute Gasteiger partial charge is 0.142 e. The molecule has 0 bridgehead atoms. The van der Waals surface area contributed by atoms with E-state index in [1.165, 1.54) is 0 Å². The van der Waals surface area contributed by atoms with Crippen LogP contribution in [-0.4, -0.2) is 24.3 Å². The van der Waals surface area contributed by atoms with Crippen LogP contribution in [0, 0.1) is 0 Å². The Morgan fingerprint density at radius 3 is 3.06 bits per heavy atom. The minimum absolute atomic E-state index is 0.166. The van der Waals surface area contributed by atoms with E-state index in [-0.39, 0.29) is 11.6 Å². The first-order valence-corrected chi connectivity index (χ1v) is 5.80. The summed E-state index contributed by atoms with van der Waals surface area (Å²) in [6.45, 7) is 2.82. The zero-order valence-electron chi connectivity index (χ0n) is 10.3. The monoisotopic (exact) mass is 237 g/mol. The van der Waals surface area contributed by atoms with E-state index in [9.17, 15) is 0 Å². The first kappa shape index (κ1) is 12.3. The van der Waals surface area contributed by atoms with Gasteiger partial charge in [-0.25, -0.2) is 5.43 Å². The maximum atomic E-state index is 5.81. The van der Waals surface area contributed by atoms with Crippen LogP contribution in [0.1, 0.15) is 31.5 Å². The molecule has 1 saturated heterocycles. The Bertz CT molecular complexity index is 378. The lowest BCUT2D eigenvalue weighted by Gasteiger charge is -2.32. The summed E-state index contributed by atoms with van der Waals surface area (Å²) in [7, 11) is 1.63. The number of nitrogens with zero attached hydrogens (tertiary/aromatic N) is 1. The van der Waals surface area contributed by atoms with Crippen molar-refractivity contribution in [3.8, 4) is 5.75 Å². The van der Waals surface area contributed by atoms with Gasteiger partial charge in [-0.2, -0.15) is 0 Å². The summed E-state index contributed by atoms with van der Waals surface area (Å²) in [4.78, 5) is 4.36. The first-order chi connectivity index (χ1) is 8.21. The molecule has 5 nitrogen and oxygen atoms in total. The maximum Gasteiger partial charge on any atom is 0.142 e. The van der Waals surface area contributed by atoms with Gasteiger partial charge in [0.15, 0.2) is 0 Å². The first-order valence-electron chi connectivity index (χ1n) is 5.80. The van der Waals surface area contributed by atoms with Crippen molar-refractivity contribution in [1.29, 1.82) is 0 Å². The Hall–Kier alpha value is -1.17. The number of hydrazine groups is 1. The number of ether oxygens (including phenoxy) is 2. The zero-order chi connectivity index (χ0) is 12.3. The van der Waals surface area contributed by atoms with Crippen LogP contribution in [0.5, 0.6) is 5.75 Å². The highest BCUT2D eigenvalue weighted by atomic mass is 16.5. The Kier molecular flexibility index (Phi) is 3.61. The predicted molar refractivity (Wildman–Crippen MR) is 64.4 cm³/mol. The largest absolute Gasteiger partial charge is 0.495 e. The number of hydrogen-bond acceptors (Lipinski definition) is 5. The van der Waals surface area contributed by atoms with E-state index in [2.05, 4.69) is 17.3 Å². The third-order valence-electron chi connectivity index (χ3n) is 3.32. The van der Waals surface area contributed by atoms with Crippen molar-refractivity contribution in [2.24, 2.45) is 5.84 Å². The molecular formula is C12H19N3O2. The number of rotatable bonds is 4. The molecule has 5 heteroatoms. The molecule has 2 heterocycles. The fraction of sp³-hybridized carbons (Fsp3) is 0.583. The molecule has 0 saturated carbocycles. The molecule has 1 aliphatic rings. The Balaban J connectivity index is 2.34. The molecule has 0 amide bonds. The second-order valence-corrected chi connectivity index (χ2v) is 4.46. The van der Waals surface area contributed by atoms with Crippen LogP contribution in [0.3, 0.4) is 0 Å². The van der Waals surface area contributed by atoms with Crippen molar-refractivity contribution in [1.82, 2.24) is 10.4 Å². The topological polar surface area (TPSA) is 69.4 Å². The molecule has 2 atom stereocenters. The SMILES string of the molecule is COc1cccnc1C(NN)C1(C)CCCO1.